The lowest BCUT2D eigenvalue weighted by Crippen LogP contribution is -2.35. The van der Waals surface area contributed by atoms with Crippen LogP contribution in [0.3, 0.4) is 0 Å². The molecule has 1 aliphatic heterocycles. The molecule has 0 aliphatic carbocycles. The van der Waals surface area contributed by atoms with Crippen LogP contribution in [-0.2, 0) is 0 Å². The lowest BCUT2D eigenvalue weighted by molar-refractivity contribution is 0.0915. The predicted octanol–water partition coefficient (Wildman–Crippen LogP) is 3.93. The number of aliphatic hydroxyl groups excluding tert-OH is 1. The van der Waals surface area contributed by atoms with Gasteiger partial charge in [-0.15, -0.1) is 0 Å². The predicted molar refractivity (Wildman–Crippen MR) is 138 cm³/mol. The Hall–Kier alpha value is -3.69. The van der Waals surface area contributed by atoms with Crippen molar-refractivity contribution in [2.45, 2.75) is 18.5 Å². The van der Waals surface area contributed by atoms with Crippen LogP contribution in [0.25, 0.3) is 11.0 Å². The number of fused-ring (bicyclic) bond motifs is 1. The van der Waals surface area contributed by atoms with Gasteiger partial charge in [-0.25, -0.2) is 14.4 Å². The van der Waals surface area contributed by atoms with Crippen LogP contribution in [0.4, 0.5) is 15.9 Å². The van der Waals surface area contributed by atoms with Gasteiger partial charge in [0.15, 0.2) is 0 Å². The molecule has 2 atom stereocenters. The fourth-order valence-electron chi connectivity index (χ4n) is 4.66. The molecule has 36 heavy (non-hydrogen) atoms. The van der Waals surface area contributed by atoms with Gasteiger partial charge in [-0.3, -0.25) is 4.79 Å². The molecule has 0 radical (unpaired) electrons. The monoisotopic (exact) mass is 508 g/mol. The zero-order chi connectivity index (χ0) is 25.2. The number of aromatic nitrogens is 3. The van der Waals surface area contributed by atoms with E-state index in [1.54, 1.807) is 42.7 Å². The first-order valence-corrected chi connectivity index (χ1v) is 12.0. The third kappa shape index (κ3) is 4.72. The first-order chi connectivity index (χ1) is 17.4. The SMILES string of the molecule is CN(c1ccc(C(=O)NC(CO)c2ccc(Cl)cc2)cc1F)C1CCN(c2ncnc3[nH]ccc23)C1. The molecule has 8 nitrogen and oxygen atoms in total. The van der Waals surface area contributed by atoms with E-state index in [4.69, 9.17) is 11.6 Å². The molecule has 4 aromatic rings. The van der Waals surface area contributed by atoms with Gasteiger partial charge in [0.25, 0.3) is 5.91 Å². The standard InChI is InChI=1S/C26H26ClFN6O2/c1-33(19-9-11-34(13-19)25-20-8-10-29-24(20)30-15-31-25)23-7-4-17(12-21(23)28)26(36)32-22(14-35)16-2-5-18(27)6-3-16/h2-8,10,12,15,19,22,35H,9,11,13-14H2,1H3,(H,32,36)(H,29,30,31). The highest BCUT2D eigenvalue weighted by Crippen LogP contribution is 2.30. The van der Waals surface area contributed by atoms with Crippen LogP contribution < -0.4 is 15.1 Å². The second kappa shape index (κ2) is 10.1. The quantitative estimate of drug-likeness (QED) is 0.350. The maximum Gasteiger partial charge on any atom is 0.251 e. The van der Waals surface area contributed by atoms with Crippen LogP contribution in [0.15, 0.2) is 61.1 Å². The molecule has 3 N–H and O–H groups in total. The Bertz CT molecular complexity index is 1380. The number of amides is 1. The van der Waals surface area contributed by atoms with E-state index in [0.717, 1.165) is 29.8 Å². The molecule has 1 amide bonds. The molecule has 186 valence electrons. The minimum atomic E-state index is -0.627. The fraction of sp³-hybridized carbons (Fsp3) is 0.269. The number of hydrogen-bond donors (Lipinski definition) is 3. The summed E-state index contributed by atoms with van der Waals surface area (Å²) in [6.07, 6.45) is 4.23. The van der Waals surface area contributed by atoms with E-state index in [0.29, 0.717) is 22.8 Å². The summed E-state index contributed by atoms with van der Waals surface area (Å²) in [5, 5.41) is 14.0. The summed E-state index contributed by atoms with van der Waals surface area (Å²) in [7, 11) is 1.86. The topological polar surface area (TPSA) is 97.4 Å². The molecule has 2 aromatic carbocycles. The number of H-pyrrole nitrogens is 1. The van der Waals surface area contributed by atoms with E-state index in [1.807, 2.05) is 24.2 Å². The van der Waals surface area contributed by atoms with Crippen molar-refractivity contribution in [1.82, 2.24) is 20.3 Å². The highest BCUT2D eigenvalue weighted by molar-refractivity contribution is 6.30. The molecule has 0 spiro atoms. The Kier molecular flexibility index (Phi) is 6.75. The lowest BCUT2D eigenvalue weighted by atomic mass is 10.1. The normalized spacial score (nSPS) is 16.3. The molecule has 0 saturated carbocycles. The second-order valence-electron chi connectivity index (χ2n) is 8.86. The third-order valence-corrected chi connectivity index (χ3v) is 6.95. The molecule has 1 aliphatic rings. The number of anilines is 2. The number of aliphatic hydroxyl groups is 1. The van der Waals surface area contributed by atoms with E-state index in [9.17, 15) is 9.90 Å². The number of nitrogens with zero attached hydrogens (tertiary/aromatic N) is 4. The second-order valence-corrected chi connectivity index (χ2v) is 9.30. The molecule has 3 heterocycles. The molecule has 1 saturated heterocycles. The van der Waals surface area contributed by atoms with Crippen LogP contribution in [-0.4, -0.2) is 58.8 Å². The minimum absolute atomic E-state index is 0.0757. The Morgan fingerprint density at radius 2 is 2.08 bits per heavy atom. The minimum Gasteiger partial charge on any atom is -0.394 e. The highest BCUT2D eigenvalue weighted by atomic mass is 35.5. The van der Waals surface area contributed by atoms with Gasteiger partial charge in [0, 0.05) is 43.0 Å². The third-order valence-electron chi connectivity index (χ3n) is 6.69. The summed E-state index contributed by atoms with van der Waals surface area (Å²) in [6.45, 7) is 1.19. The Labute approximate surface area is 212 Å². The first-order valence-electron chi connectivity index (χ1n) is 11.7. The molecule has 10 heteroatoms. The first kappa shape index (κ1) is 24.0. The van der Waals surface area contributed by atoms with Gasteiger partial charge in [0.2, 0.25) is 0 Å². The number of nitrogens with one attached hydrogen (secondary N) is 2. The summed E-state index contributed by atoms with van der Waals surface area (Å²) in [5.74, 6) is -0.0853. The van der Waals surface area contributed by atoms with E-state index in [1.165, 1.54) is 6.07 Å². The largest absolute Gasteiger partial charge is 0.394 e. The van der Waals surface area contributed by atoms with Gasteiger partial charge in [0.05, 0.1) is 23.7 Å². The number of benzene rings is 2. The molecule has 2 unspecified atom stereocenters. The van der Waals surface area contributed by atoms with Crippen LogP contribution in [0.2, 0.25) is 5.02 Å². The smallest absolute Gasteiger partial charge is 0.251 e. The molecular formula is C26H26ClFN6O2. The van der Waals surface area contributed by atoms with Crippen LogP contribution in [0, 0.1) is 5.82 Å². The lowest BCUT2D eigenvalue weighted by Gasteiger charge is -2.28. The summed E-state index contributed by atoms with van der Waals surface area (Å²) in [5.41, 5.74) is 2.10. The van der Waals surface area contributed by atoms with Crippen molar-refractivity contribution in [1.29, 1.82) is 0 Å². The van der Waals surface area contributed by atoms with Crippen LogP contribution >= 0.6 is 11.6 Å². The zero-order valence-corrected chi connectivity index (χ0v) is 20.4. The zero-order valence-electron chi connectivity index (χ0n) is 19.7. The maximum atomic E-state index is 15.2. The molecule has 0 bridgehead atoms. The number of aromatic amines is 1. The molecular weight excluding hydrogens is 483 g/mol. The van der Waals surface area contributed by atoms with Crippen molar-refractivity contribution >= 4 is 40.0 Å². The van der Waals surface area contributed by atoms with Gasteiger partial charge < -0.3 is 25.2 Å². The van der Waals surface area contributed by atoms with E-state index >= 15 is 4.39 Å². The van der Waals surface area contributed by atoms with Crippen LogP contribution in [0.1, 0.15) is 28.4 Å². The van der Waals surface area contributed by atoms with Gasteiger partial charge in [-0.1, -0.05) is 23.7 Å². The van der Waals surface area contributed by atoms with Crippen molar-refractivity contribution in [3.63, 3.8) is 0 Å². The van der Waals surface area contributed by atoms with Gasteiger partial charge in [0.1, 0.15) is 23.6 Å². The summed E-state index contributed by atoms with van der Waals surface area (Å²) >= 11 is 5.92. The van der Waals surface area contributed by atoms with Crippen molar-refractivity contribution in [2.24, 2.45) is 0 Å². The average molecular weight is 509 g/mol. The fourth-order valence-corrected chi connectivity index (χ4v) is 4.79. The maximum absolute atomic E-state index is 15.2. The van der Waals surface area contributed by atoms with E-state index in [2.05, 4.69) is 25.2 Å². The van der Waals surface area contributed by atoms with Crippen molar-refractivity contribution in [3.05, 3.63) is 83.0 Å². The number of halogens is 2. The summed E-state index contributed by atoms with van der Waals surface area (Å²) < 4.78 is 15.2. The molecule has 1 fully saturated rings. The van der Waals surface area contributed by atoms with Crippen molar-refractivity contribution < 1.29 is 14.3 Å². The number of carbonyl (C=O) groups excluding carboxylic acids is 1. The van der Waals surface area contributed by atoms with Crippen molar-refractivity contribution in [2.75, 3.05) is 36.5 Å². The highest BCUT2D eigenvalue weighted by Gasteiger charge is 2.29. The summed E-state index contributed by atoms with van der Waals surface area (Å²) in [6, 6.07) is 12.7. The Morgan fingerprint density at radius 3 is 2.83 bits per heavy atom. The van der Waals surface area contributed by atoms with Crippen molar-refractivity contribution in [3.8, 4) is 0 Å². The summed E-state index contributed by atoms with van der Waals surface area (Å²) in [4.78, 5) is 28.7. The van der Waals surface area contributed by atoms with Gasteiger partial charge >= 0.3 is 0 Å². The number of carbonyl (C=O) groups is 1. The van der Waals surface area contributed by atoms with E-state index in [-0.39, 0.29) is 18.2 Å². The van der Waals surface area contributed by atoms with Gasteiger partial charge in [-0.2, -0.15) is 0 Å². The Balaban J connectivity index is 1.27. The number of rotatable bonds is 7. The van der Waals surface area contributed by atoms with Crippen LogP contribution in [0.5, 0.6) is 0 Å². The molecule has 2 aromatic heterocycles. The number of hydrogen-bond acceptors (Lipinski definition) is 6. The molecule has 5 rings (SSSR count). The van der Waals surface area contributed by atoms with E-state index < -0.39 is 17.8 Å². The number of likely N-dealkylation sites (N-methyl/N-ethyl adjacent to an activating group) is 1. The average Bonchev–Trinajstić information content (AvgIpc) is 3.57. The van der Waals surface area contributed by atoms with Gasteiger partial charge in [-0.05, 0) is 48.4 Å². The Morgan fingerprint density at radius 1 is 1.28 bits per heavy atom.